The Labute approximate surface area is 106 Å². The molecule has 3 rings (SSSR count). The molecule has 2 aliphatic heterocycles. The van der Waals surface area contributed by atoms with Crippen LogP contribution in [0.5, 0.6) is 5.75 Å². The molecule has 1 N–H and O–H groups in total. The maximum Gasteiger partial charge on any atom is 0.243 e. The van der Waals surface area contributed by atoms with Crippen LogP contribution in [0.1, 0.15) is 12.0 Å². The highest BCUT2D eigenvalue weighted by Crippen LogP contribution is 2.29. The molecule has 98 valence electrons. The van der Waals surface area contributed by atoms with Gasteiger partial charge in [0.15, 0.2) is 0 Å². The Morgan fingerprint density at radius 3 is 2.94 bits per heavy atom. The van der Waals surface area contributed by atoms with Gasteiger partial charge in [0.05, 0.1) is 17.6 Å². The summed E-state index contributed by atoms with van der Waals surface area (Å²) < 4.78 is 31.4. The van der Waals surface area contributed by atoms with Crippen molar-refractivity contribution in [2.45, 2.75) is 23.8 Å². The predicted octanol–water partition coefficient (Wildman–Crippen LogP) is 0.377. The largest absolute Gasteiger partial charge is 0.493 e. The van der Waals surface area contributed by atoms with E-state index in [9.17, 15) is 13.5 Å². The molecular formula is C12H15NO4S. The lowest BCUT2D eigenvalue weighted by Gasteiger charge is -2.16. The molecule has 0 radical (unpaired) electrons. The summed E-state index contributed by atoms with van der Waals surface area (Å²) >= 11 is 0. The van der Waals surface area contributed by atoms with E-state index < -0.39 is 16.1 Å². The summed E-state index contributed by atoms with van der Waals surface area (Å²) in [6.45, 7) is 1.19. The maximum atomic E-state index is 12.4. The molecule has 0 amide bonds. The molecule has 18 heavy (non-hydrogen) atoms. The van der Waals surface area contributed by atoms with E-state index in [1.54, 1.807) is 18.2 Å². The van der Waals surface area contributed by atoms with E-state index >= 15 is 0 Å². The first-order valence-corrected chi connectivity index (χ1v) is 7.45. The van der Waals surface area contributed by atoms with Gasteiger partial charge in [-0.3, -0.25) is 0 Å². The lowest BCUT2D eigenvalue weighted by Crippen LogP contribution is -2.29. The van der Waals surface area contributed by atoms with Gasteiger partial charge in [0, 0.05) is 19.5 Å². The van der Waals surface area contributed by atoms with Gasteiger partial charge in [0.1, 0.15) is 5.75 Å². The second kappa shape index (κ2) is 4.22. The molecule has 2 aliphatic rings. The topological polar surface area (TPSA) is 66.8 Å². The van der Waals surface area contributed by atoms with Gasteiger partial charge in [-0.15, -0.1) is 0 Å². The van der Waals surface area contributed by atoms with Crippen molar-refractivity contribution in [1.29, 1.82) is 0 Å². The van der Waals surface area contributed by atoms with E-state index in [2.05, 4.69) is 0 Å². The molecule has 0 saturated carbocycles. The Hall–Kier alpha value is -1.11. The SMILES string of the molecule is O=S(=O)(c1ccc2c(c1)CCO2)N1CCC(O)C1. The van der Waals surface area contributed by atoms with Gasteiger partial charge in [-0.25, -0.2) is 8.42 Å². The number of aliphatic hydroxyl groups is 1. The number of sulfonamides is 1. The summed E-state index contributed by atoms with van der Waals surface area (Å²) in [7, 11) is -3.48. The third kappa shape index (κ3) is 1.90. The average molecular weight is 269 g/mol. The molecular weight excluding hydrogens is 254 g/mol. The number of ether oxygens (including phenoxy) is 1. The Morgan fingerprint density at radius 2 is 2.22 bits per heavy atom. The van der Waals surface area contributed by atoms with Crippen LogP contribution in [0.25, 0.3) is 0 Å². The summed E-state index contributed by atoms with van der Waals surface area (Å²) in [5.74, 6) is 0.774. The van der Waals surface area contributed by atoms with Gasteiger partial charge in [-0.05, 0) is 30.2 Å². The maximum absolute atomic E-state index is 12.4. The van der Waals surface area contributed by atoms with Crippen LogP contribution in [0, 0.1) is 0 Å². The number of rotatable bonds is 2. The molecule has 1 aromatic rings. The molecule has 6 heteroatoms. The van der Waals surface area contributed by atoms with Crippen LogP contribution in [0.2, 0.25) is 0 Å². The van der Waals surface area contributed by atoms with Crippen LogP contribution in [0.4, 0.5) is 0 Å². The minimum Gasteiger partial charge on any atom is -0.493 e. The van der Waals surface area contributed by atoms with Crippen molar-refractivity contribution in [2.24, 2.45) is 0 Å². The molecule has 0 spiro atoms. The van der Waals surface area contributed by atoms with E-state index in [0.29, 0.717) is 24.5 Å². The number of hydrogen-bond donors (Lipinski definition) is 1. The lowest BCUT2D eigenvalue weighted by molar-refractivity contribution is 0.189. The van der Waals surface area contributed by atoms with E-state index in [4.69, 9.17) is 4.74 Å². The highest BCUT2D eigenvalue weighted by molar-refractivity contribution is 7.89. The number of fused-ring (bicyclic) bond motifs is 1. The van der Waals surface area contributed by atoms with Crippen LogP contribution >= 0.6 is 0 Å². The van der Waals surface area contributed by atoms with Crippen molar-refractivity contribution in [2.75, 3.05) is 19.7 Å². The first-order chi connectivity index (χ1) is 8.57. The van der Waals surface area contributed by atoms with Crippen LogP contribution in [0.15, 0.2) is 23.1 Å². The van der Waals surface area contributed by atoms with Crippen molar-refractivity contribution in [3.8, 4) is 5.75 Å². The van der Waals surface area contributed by atoms with Crippen LogP contribution < -0.4 is 4.74 Å². The smallest absolute Gasteiger partial charge is 0.243 e. The summed E-state index contributed by atoms with van der Waals surface area (Å²) in [5, 5.41) is 9.44. The second-order valence-electron chi connectivity index (χ2n) is 4.67. The van der Waals surface area contributed by atoms with E-state index in [1.807, 2.05) is 0 Å². The molecule has 1 unspecified atom stereocenters. The number of hydrogen-bond acceptors (Lipinski definition) is 4. The Morgan fingerprint density at radius 1 is 1.39 bits per heavy atom. The zero-order valence-electron chi connectivity index (χ0n) is 9.87. The molecule has 1 aromatic carbocycles. The number of β-amino-alcohol motifs (C(OH)–C–C–N with tert-alkyl or cyclic N) is 1. The summed E-state index contributed by atoms with van der Waals surface area (Å²) in [6, 6.07) is 4.97. The molecule has 0 bridgehead atoms. The summed E-state index contributed by atoms with van der Waals surface area (Å²) in [5.41, 5.74) is 0.941. The van der Waals surface area contributed by atoms with E-state index in [-0.39, 0.29) is 6.54 Å². The second-order valence-corrected chi connectivity index (χ2v) is 6.61. The van der Waals surface area contributed by atoms with Crippen LogP contribution in [-0.2, 0) is 16.4 Å². The molecule has 1 atom stereocenters. The molecule has 1 saturated heterocycles. The predicted molar refractivity (Wildman–Crippen MR) is 65.0 cm³/mol. The Kier molecular flexibility index (Phi) is 2.80. The van der Waals surface area contributed by atoms with Gasteiger partial charge in [0.2, 0.25) is 10.0 Å². The van der Waals surface area contributed by atoms with Crippen molar-refractivity contribution in [3.05, 3.63) is 23.8 Å². The minimum atomic E-state index is -3.48. The number of aliphatic hydroxyl groups excluding tert-OH is 1. The van der Waals surface area contributed by atoms with Crippen LogP contribution in [-0.4, -0.2) is 43.6 Å². The zero-order valence-corrected chi connectivity index (χ0v) is 10.7. The first kappa shape index (κ1) is 12.0. The third-order valence-corrected chi connectivity index (χ3v) is 5.29. The fourth-order valence-corrected chi connectivity index (χ4v) is 3.94. The highest BCUT2D eigenvalue weighted by Gasteiger charge is 2.32. The highest BCUT2D eigenvalue weighted by atomic mass is 32.2. The fraction of sp³-hybridized carbons (Fsp3) is 0.500. The molecule has 0 aliphatic carbocycles. The summed E-state index contributed by atoms with van der Waals surface area (Å²) in [6.07, 6.45) is 0.715. The van der Waals surface area contributed by atoms with E-state index in [0.717, 1.165) is 17.7 Å². The van der Waals surface area contributed by atoms with Crippen molar-refractivity contribution in [1.82, 2.24) is 4.31 Å². The average Bonchev–Trinajstić information content (AvgIpc) is 2.96. The van der Waals surface area contributed by atoms with Gasteiger partial charge >= 0.3 is 0 Å². The monoisotopic (exact) mass is 269 g/mol. The molecule has 2 heterocycles. The van der Waals surface area contributed by atoms with E-state index in [1.165, 1.54) is 4.31 Å². The van der Waals surface area contributed by atoms with Crippen molar-refractivity contribution < 1.29 is 18.3 Å². The first-order valence-electron chi connectivity index (χ1n) is 6.01. The Bertz CT molecular complexity index is 569. The standard InChI is InChI=1S/C12H15NO4S/c14-10-3-5-13(8-10)18(15,16)11-1-2-12-9(7-11)4-6-17-12/h1-2,7,10,14H,3-6,8H2. The van der Waals surface area contributed by atoms with Crippen molar-refractivity contribution in [3.63, 3.8) is 0 Å². The normalized spacial score (nSPS) is 23.9. The molecule has 5 nitrogen and oxygen atoms in total. The van der Waals surface area contributed by atoms with Gasteiger partial charge in [-0.1, -0.05) is 0 Å². The van der Waals surface area contributed by atoms with Gasteiger partial charge in [0.25, 0.3) is 0 Å². The number of benzene rings is 1. The lowest BCUT2D eigenvalue weighted by atomic mass is 10.2. The quantitative estimate of drug-likeness (QED) is 0.842. The fourth-order valence-electron chi connectivity index (χ4n) is 2.40. The molecule has 0 aromatic heterocycles. The van der Waals surface area contributed by atoms with Crippen molar-refractivity contribution >= 4 is 10.0 Å². The number of nitrogens with zero attached hydrogens (tertiary/aromatic N) is 1. The summed E-state index contributed by atoms with van der Waals surface area (Å²) in [4.78, 5) is 0.292. The Balaban J connectivity index is 1.94. The van der Waals surface area contributed by atoms with Gasteiger partial charge < -0.3 is 9.84 Å². The zero-order chi connectivity index (χ0) is 12.8. The third-order valence-electron chi connectivity index (χ3n) is 3.42. The van der Waals surface area contributed by atoms with Gasteiger partial charge in [-0.2, -0.15) is 4.31 Å². The van der Waals surface area contributed by atoms with Crippen LogP contribution in [0.3, 0.4) is 0 Å². The molecule has 1 fully saturated rings. The minimum absolute atomic E-state index is 0.190.